The standard InChI is InChI=1S/C12H14ClNO3/c1-16-8-2-3-9(10(13)6-8)12(15)11-7-14-4-5-17-11/h2-3,6,11,14H,4-5,7H2,1H3. The highest BCUT2D eigenvalue weighted by molar-refractivity contribution is 6.34. The number of methoxy groups -OCH3 is 1. The molecule has 1 heterocycles. The smallest absolute Gasteiger partial charge is 0.194 e. The minimum absolute atomic E-state index is 0.0927. The van der Waals surface area contributed by atoms with Crippen molar-refractivity contribution in [2.24, 2.45) is 0 Å². The van der Waals surface area contributed by atoms with E-state index >= 15 is 0 Å². The summed E-state index contributed by atoms with van der Waals surface area (Å²) in [6.45, 7) is 1.85. The number of carbonyl (C=O) groups is 1. The van der Waals surface area contributed by atoms with Crippen LogP contribution in [0.1, 0.15) is 10.4 Å². The molecule has 0 radical (unpaired) electrons. The van der Waals surface area contributed by atoms with Crippen molar-refractivity contribution in [3.05, 3.63) is 28.8 Å². The fraction of sp³-hybridized carbons (Fsp3) is 0.417. The van der Waals surface area contributed by atoms with Crippen molar-refractivity contribution in [1.29, 1.82) is 0 Å². The average Bonchev–Trinajstić information content (AvgIpc) is 2.39. The zero-order chi connectivity index (χ0) is 12.3. The van der Waals surface area contributed by atoms with E-state index in [-0.39, 0.29) is 5.78 Å². The summed E-state index contributed by atoms with van der Waals surface area (Å²) in [5.41, 5.74) is 0.473. The Morgan fingerprint density at radius 2 is 2.41 bits per heavy atom. The third-order valence-electron chi connectivity index (χ3n) is 2.66. The summed E-state index contributed by atoms with van der Waals surface area (Å²) in [7, 11) is 1.56. The molecule has 0 saturated carbocycles. The Morgan fingerprint density at radius 3 is 3.00 bits per heavy atom. The fourth-order valence-corrected chi connectivity index (χ4v) is 1.99. The van der Waals surface area contributed by atoms with Crippen LogP contribution in [0.25, 0.3) is 0 Å². The van der Waals surface area contributed by atoms with Crippen LogP contribution in [0.4, 0.5) is 0 Å². The fourth-order valence-electron chi connectivity index (χ4n) is 1.73. The van der Waals surface area contributed by atoms with Gasteiger partial charge in [0.15, 0.2) is 5.78 Å². The maximum absolute atomic E-state index is 12.1. The van der Waals surface area contributed by atoms with Gasteiger partial charge in [-0.2, -0.15) is 0 Å². The van der Waals surface area contributed by atoms with Crippen LogP contribution < -0.4 is 10.1 Å². The molecule has 0 aliphatic carbocycles. The van der Waals surface area contributed by atoms with E-state index in [1.54, 1.807) is 25.3 Å². The molecule has 1 N–H and O–H groups in total. The maximum Gasteiger partial charge on any atom is 0.194 e. The van der Waals surface area contributed by atoms with E-state index < -0.39 is 6.10 Å². The van der Waals surface area contributed by atoms with Gasteiger partial charge >= 0.3 is 0 Å². The predicted octanol–water partition coefficient (Wildman–Crippen LogP) is 1.52. The van der Waals surface area contributed by atoms with Crippen LogP contribution in [0.5, 0.6) is 5.75 Å². The van der Waals surface area contributed by atoms with E-state index in [9.17, 15) is 4.79 Å². The number of hydrogen-bond donors (Lipinski definition) is 1. The first-order valence-corrected chi connectivity index (χ1v) is 5.80. The molecule has 17 heavy (non-hydrogen) atoms. The highest BCUT2D eigenvalue weighted by Crippen LogP contribution is 2.24. The Kier molecular flexibility index (Phi) is 3.99. The number of carbonyl (C=O) groups excluding carboxylic acids is 1. The van der Waals surface area contributed by atoms with Crippen LogP contribution in [0.2, 0.25) is 5.02 Å². The van der Waals surface area contributed by atoms with Crippen LogP contribution in [0, 0.1) is 0 Å². The van der Waals surface area contributed by atoms with Gasteiger partial charge in [-0.25, -0.2) is 0 Å². The molecular weight excluding hydrogens is 242 g/mol. The molecule has 1 aromatic rings. The second kappa shape index (κ2) is 5.49. The number of Topliss-reactive ketones (excluding diaryl/α,β-unsaturated/α-hetero) is 1. The zero-order valence-electron chi connectivity index (χ0n) is 9.53. The van der Waals surface area contributed by atoms with Gasteiger partial charge in [0.25, 0.3) is 0 Å². The summed E-state index contributed by atoms with van der Waals surface area (Å²) in [6.07, 6.45) is -0.449. The van der Waals surface area contributed by atoms with Gasteiger partial charge in [0.1, 0.15) is 11.9 Å². The van der Waals surface area contributed by atoms with Crippen molar-refractivity contribution in [3.63, 3.8) is 0 Å². The Hall–Kier alpha value is -1.10. The van der Waals surface area contributed by atoms with E-state index in [1.165, 1.54) is 0 Å². The number of hydrogen-bond acceptors (Lipinski definition) is 4. The SMILES string of the molecule is COc1ccc(C(=O)C2CNCCO2)c(Cl)c1. The van der Waals surface area contributed by atoms with Crippen LogP contribution >= 0.6 is 11.6 Å². The second-order valence-electron chi connectivity index (χ2n) is 3.77. The summed E-state index contributed by atoms with van der Waals surface area (Å²) in [5, 5.41) is 3.51. The molecule has 5 heteroatoms. The molecule has 0 bridgehead atoms. The quantitative estimate of drug-likeness (QED) is 0.832. The number of benzene rings is 1. The maximum atomic E-state index is 12.1. The third-order valence-corrected chi connectivity index (χ3v) is 2.97. The molecule has 0 spiro atoms. The van der Waals surface area contributed by atoms with E-state index in [1.807, 2.05) is 0 Å². The minimum atomic E-state index is -0.449. The number of ether oxygens (including phenoxy) is 2. The highest BCUT2D eigenvalue weighted by Gasteiger charge is 2.24. The van der Waals surface area contributed by atoms with Gasteiger partial charge < -0.3 is 14.8 Å². The molecule has 1 unspecified atom stereocenters. The van der Waals surface area contributed by atoms with Crippen LogP contribution in [0.3, 0.4) is 0 Å². The molecular formula is C12H14ClNO3. The van der Waals surface area contributed by atoms with Gasteiger partial charge in [0.2, 0.25) is 0 Å². The number of nitrogens with one attached hydrogen (secondary N) is 1. The van der Waals surface area contributed by atoms with Gasteiger partial charge in [-0.15, -0.1) is 0 Å². The number of ketones is 1. The number of halogens is 1. The van der Waals surface area contributed by atoms with Gasteiger partial charge in [-0.05, 0) is 18.2 Å². The molecule has 1 aliphatic rings. The number of rotatable bonds is 3. The first-order valence-electron chi connectivity index (χ1n) is 5.42. The second-order valence-corrected chi connectivity index (χ2v) is 4.18. The lowest BCUT2D eigenvalue weighted by atomic mass is 10.1. The Bertz CT molecular complexity index is 416. The highest BCUT2D eigenvalue weighted by atomic mass is 35.5. The van der Waals surface area contributed by atoms with Gasteiger partial charge in [-0.3, -0.25) is 4.79 Å². The molecule has 0 amide bonds. The monoisotopic (exact) mass is 255 g/mol. The molecule has 0 aromatic heterocycles. The van der Waals surface area contributed by atoms with E-state index in [0.29, 0.717) is 29.5 Å². The Balaban J connectivity index is 2.18. The Labute approximate surface area is 105 Å². The lowest BCUT2D eigenvalue weighted by Gasteiger charge is -2.22. The molecule has 1 fully saturated rings. The van der Waals surface area contributed by atoms with E-state index in [4.69, 9.17) is 21.1 Å². The van der Waals surface area contributed by atoms with Gasteiger partial charge in [-0.1, -0.05) is 11.6 Å². The normalized spacial score (nSPS) is 20.0. The van der Waals surface area contributed by atoms with Gasteiger partial charge in [0.05, 0.1) is 18.7 Å². The lowest BCUT2D eigenvalue weighted by Crippen LogP contribution is -2.43. The predicted molar refractivity (Wildman–Crippen MR) is 64.9 cm³/mol. The van der Waals surface area contributed by atoms with Crippen LogP contribution in [0.15, 0.2) is 18.2 Å². The summed E-state index contributed by atoms with van der Waals surface area (Å²) in [5.74, 6) is 0.541. The molecule has 1 aliphatic heterocycles. The largest absolute Gasteiger partial charge is 0.497 e. The Morgan fingerprint density at radius 1 is 1.59 bits per heavy atom. The lowest BCUT2D eigenvalue weighted by molar-refractivity contribution is 0.0269. The summed E-state index contributed by atoms with van der Waals surface area (Å²) < 4.78 is 10.4. The topological polar surface area (TPSA) is 47.6 Å². The van der Waals surface area contributed by atoms with Crippen LogP contribution in [-0.4, -0.2) is 38.7 Å². The van der Waals surface area contributed by atoms with Crippen molar-refractivity contribution in [2.75, 3.05) is 26.8 Å². The first kappa shape index (κ1) is 12.4. The van der Waals surface area contributed by atoms with Crippen LogP contribution in [-0.2, 0) is 4.74 Å². The first-order chi connectivity index (χ1) is 8.22. The number of morpholine rings is 1. The molecule has 4 nitrogen and oxygen atoms in total. The van der Waals surface area contributed by atoms with Crippen molar-refractivity contribution in [3.8, 4) is 5.75 Å². The van der Waals surface area contributed by atoms with E-state index in [2.05, 4.69) is 5.32 Å². The average molecular weight is 256 g/mol. The van der Waals surface area contributed by atoms with Crippen molar-refractivity contribution in [2.45, 2.75) is 6.10 Å². The van der Waals surface area contributed by atoms with Crippen molar-refractivity contribution in [1.82, 2.24) is 5.32 Å². The molecule has 1 aromatic carbocycles. The third kappa shape index (κ3) is 2.77. The molecule has 1 saturated heterocycles. The molecule has 1 atom stereocenters. The molecule has 92 valence electrons. The summed E-state index contributed by atoms with van der Waals surface area (Å²) >= 11 is 6.05. The van der Waals surface area contributed by atoms with Crippen molar-refractivity contribution < 1.29 is 14.3 Å². The summed E-state index contributed by atoms with van der Waals surface area (Å²) in [6, 6.07) is 5.02. The van der Waals surface area contributed by atoms with E-state index in [0.717, 1.165) is 6.54 Å². The molecule has 2 rings (SSSR count). The van der Waals surface area contributed by atoms with Crippen molar-refractivity contribution >= 4 is 17.4 Å². The minimum Gasteiger partial charge on any atom is -0.497 e. The van der Waals surface area contributed by atoms with Gasteiger partial charge in [0, 0.05) is 18.7 Å². The summed E-state index contributed by atoms with van der Waals surface area (Å²) in [4.78, 5) is 12.1. The zero-order valence-corrected chi connectivity index (χ0v) is 10.3.